The molecule has 1 aromatic heterocycles. The van der Waals surface area contributed by atoms with Gasteiger partial charge in [-0.15, -0.1) is 0 Å². The number of aryl methyl sites for hydroxylation is 1. The number of ether oxygens (including phenoxy) is 1. The normalized spacial score (nSPS) is 16.9. The third-order valence-electron chi connectivity index (χ3n) is 6.68. The lowest BCUT2D eigenvalue weighted by molar-refractivity contribution is -0.153. The number of aromatic carboxylic acids is 1. The van der Waals surface area contributed by atoms with Gasteiger partial charge < -0.3 is 9.84 Å². The van der Waals surface area contributed by atoms with Crippen LogP contribution in [0.25, 0.3) is 0 Å². The van der Waals surface area contributed by atoms with Crippen molar-refractivity contribution < 1.29 is 19.4 Å². The minimum absolute atomic E-state index is 0.0655. The Kier molecular flexibility index (Phi) is 8.83. The van der Waals surface area contributed by atoms with Crippen molar-refractivity contribution in [2.75, 3.05) is 0 Å². The molecule has 3 unspecified atom stereocenters. The molecule has 1 aromatic carbocycles. The van der Waals surface area contributed by atoms with Crippen LogP contribution in [0.3, 0.4) is 0 Å². The lowest BCUT2D eigenvalue weighted by Gasteiger charge is -2.25. The van der Waals surface area contributed by atoms with Gasteiger partial charge in [-0.2, -0.15) is 0 Å². The van der Waals surface area contributed by atoms with Crippen LogP contribution in [-0.2, 0) is 16.0 Å². The average molecular weight is 438 g/mol. The SMILES string of the molecule is CC(CC(CCc1ccncc1)CC(C)c1ccc(C(=O)O)cc1)C(=O)OC1CCCC1. The molecule has 1 fully saturated rings. The van der Waals surface area contributed by atoms with Crippen LogP contribution in [0.4, 0.5) is 0 Å². The predicted molar refractivity (Wildman–Crippen MR) is 125 cm³/mol. The first-order valence-electron chi connectivity index (χ1n) is 11.8. The molecule has 2 aromatic rings. The van der Waals surface area contributed by atoms with Gasteiger partial charge in [0.1, 0.15) is 6.10 Å². The second kappa shape index (κ2) is 11.8. The van der Waals surface area contributed by atoms with Gasteiger partial charge in [0.05, 0.1) is 11.5 Å². The van der Waals surface area contributed by atoms with Gasteiger partial charge in [-0.1, -0.05) is 26.0 Å². The van der Waals surface area contributed by atoms with Gasteiger partial charge in [-0.3, -0.25) is 9.78 Å². The number of carbonyl (C=O) groups excluding carboxylic acids is 1. The van der Waals surface area contributed by atoms with E-state index in [0.717, 1.165) is 56.9 Å². The summed E-state index contributed by atoms with van der Waals surface area (Å²) in [6.07, 6.45) is 11.7. The minimum atomic E-state index is -0.908. The van der Waals surface area contributed by atoms with Gasteiger partial charge in [-0.05, 0) is 98.6 Å². The van der Waals surface area contributed by atoms with E-state index in [0.29, 0.717) is 11.5 Å². The maximum Gasteiger partial charge on any atom is 0.335 e. The highest BCUT2D eigenvalue weighted by Crippen LogP contribution is 2.31. The highest BCUT2D eigenvalue weighted by molar-refractivity contribution is 5.87. The molecule has 0 bridgehead atoms. The molecule has 1 saturated carbocycles. The van der Waals surface area contributed by atoms with Crippen LogP contribution < -0.4 is 0 Å². The van der Waals surface area contributed by atoms with Gasteiger partial charge in [0.2, 0.25) is 0 Å². The molecule has 5 heteroatoms. The van der Waals surface area contributed by atoms with E-state index in [9.17, 15) is 9.59 Å². The summed E-state index contributed by atoms with van der Waals surface area (Å²) >= 11 is 0. The summed E-state index contributed by atoms with van der Waals surface area (Å²) in [5.41, 5.74) is 2.69. The third kappa shape index (κ3) is 7.18. The number of carboxylic acid groups (broad SMARTS) is 1. The maximum atomic E-state index is 12.7. The highest BCUT2D eigenvalue weighted by atomic mass is 16.5. The first-order valence-corrected chi connectivity index (χ1v) is 11.8. The predicted octanol–water partition coefficient (Wildman–Crippen LogP) is 6.03. The Hall–Kier alpha value is -2.69. The van der Waals surface area contributed by atoms with Crippen LogP contribution in [0.15, 0.2) is 48.8 Å². The van der Waals surface area contributed by atoms with E-state index < -0.39 is 5.97 Å². The Morgan fingerprint density at radius 1 is 1.03 bits per heavy atom. The standard InChI is InChI=1S/C27H35NO4/c1-19(23-9-11-24(12-10-23)26(29)30)17-22(8-7-21-13-15-28-16-14-21)18-20(2)27(31)32-25-5-3-4-6-25/h9-16,19-20,22,25H,3-8,17-18H2,1-2H3,(H,29,30). The van der Waals surface area contributed by atoms with Gasteiger partial charge >= 0.3 is 11.9 Å². The molecule has 1 aliphatic carbocycles. The molecule has 0 saturated heterocycles. The number of pyridine rings is 1. The summed E-state index contributed by atoms with van der Waals surface area (Å²) in [6, 6.07) is 11.2. The second-order valence-electron chi connectivity index (χ2n) is 9.30. The number of aromatic nitrogens is 1. The number of esters is 1. The fraction of sp³-hybridized carbons (Fsp3) is 0.519. The minimum Gasteiger partial charge on any atom is -0.478 e. The monoisotopic (exact) mass is 437 g/mol. The first-order chi connectivity index (χ1) is 15.4. The van der Waals surface area contributed by atoms with E-state index in [1.807, 2.05) is 43.6 Å². The Morgan fingerprint density at radius 2 is 1.69 bits per heavy atom. The van der Waals surface area contributed by atoms with Crippen molar-refractivity contribution in [3.63, 3.8) is 0 Å². The van der Waals surface area contributed by atoms with Crippen LogP contribution >= 0.6 is 0 Å². The van der Waals surface area contributed by atoms with Crippen molar-refractivity contribution in [3.8, 4) is 0 Å². The van der Waals surface area contributed by atoms with Gasteiger partial charge in [0, 0.05) is 12.4 Å². The van der Waals surface area contributed by atoms with Crippen molar-refractivity contribution >= 4 is 11.9 Å². The van der Waals surface area contributed by atoms with Crippen LogP contribution in [0.1, 0.15) is 86.2 Å². The molecule has 3 rings (SSSR count). The van der Waals surface area contributed by atoms with Gasteiger partial charge in [0.15, 0.2) is 0 Å². The number of hydrogen-bond donors (Lipinski definition) is 1. The molecular weight excluding hydrogens is 402 g/mol. The summed E-state index contributed by atoms with van der Waals surface area (Å²) in [5.74, 6) is -0.459. The van der Waals surface area contributed by atoms with Crippen molar-refractivity contribution in [3.05, 3.63) is 65.5 Å². The first kappa shape index (κ1) is 24.0. The van der Waals surface area contributed by atoms with E-state index >= 15 is 0 Å². The zero-order valence-corrected chi connectivity index (χ0v) is 19.2. The molecule has 0 radical (unpaired) electrons. The fourth-order valence-electron chi connectivity index (χ4n) is 4.73. The lowest BCUT2D eigenvalue weighted by Crippen LogP contribution is -2.23. The topological polar surface area (TPSA) is 76.5 Å². The molecule has 172 valence electrons. The Bertz CT molecular complexity index is 859. The molecule has 1 heterocycles. The molecule has 32 heavy (non-hydrogen) atoms. The number of carboxylic acids is 1. The van der Waals surface area contributed by atoms with Crippen LogP contribution in [-0.4, -0.2) is 28.1 Å². The molecule has 3 atom stereocenters. The Labute approximate surface area is 191 Å². The molecule has 0 amide bonds. The van der Waals surface area contributed by atoms with Gasteiger partial charge in [-0.25, -0.2) is 4.79 Å². The van der Waals surface area contributed by atoms with E-state index in [-0.39, 0.29) is 23.9 Å². The zero-order chi connectivity index (χ0) is 22.9. The summed E-state index contributed by atoms with van der Waals surface area (Å²) < 4.78 is 5.76. The number of benzene rings is 1. The van der Waals surface area contributed by atoms with Crippen molar-refractivity contribution in [2.24, 2.45) is 11.8 Å². The summed E-state index contributed by atoms with van der Waals surface area (Å²) in [7, 11) is 0. The summed E-state index contributed by atoms with van der Waals surface area (Å²) in [5, 5.41) is 9.14. The van der Waals surface area contributed by atoms with Crippen molar-refractivity contribution in [1.82, 2.24) is 4.98 Å². The lowest BCUT2D eigenvalue weighted by atomic mass is 9.82. The maximum absolute atomic E-state index is 12.7. The largest absolute Gasteiger partial charge is 0.478 e. The Balaban J connectivity index is 1.63. The molecule has 0 aliphatic heterocycles. The molecular formula is C27H35NO4. The molecule has 1 N–H and O–H groups in total. The van der Waals surface area contributed by atoms with Crippen LogP contribution in [0.5, 0.6) is 0 Å². The van der Waals surface area contributed by atoms with Crippen LogP contribution in [0, 0.1) is 11.8 Å². The average Bonchev–Trinajstić information content (AvgIpc) is 3.31. The summed E-state index contributed by atoms with van der Waals surface area (Å²) in [4.78, 5) is 27.9. The third-order valence-corrected chi connectivity index (χ3v) is 6.68. The highest BCUT2D eigenvalue weighted by Gasteiger charge is 2.26. The molecule has 0 spiro atoms. The Morgan fingerprint density at radius 3 is 2.31 bits per heavy atom. The number of nitrogens with zero attached hydrogens (tertiary/aromatic N) is 1. The number of rotatable bonds is 11. The zero-order valence-electron chi connectivity index (χ0n) is 19.2. The van der Waals surface area contributed by atoms with Gasteiger partial charge in [0.25, 0.3) is 0 Å². The fourth-order valence-corrected chi connectivity index (χ4v) is 4.73. The molecule has 1 aliphatic rings. The summed E-state index contributed by atoms with van der Waals surface area (Å²) in [6.45, 7) is 4.17. The van der Waals surface area contributed by atoms with E-state index in [4.69, 9.17) is 9.84 Å². The van der Waals surface area contributed by atoms with Crippen molar-refractivity contribution in [1.29, 1.82) is 0 Å². The number of carbonyl (C=O) groups is 2. The smallest absolute Gasteiger partial charge is 0.335 e. The van der Waals surface area contributed by atoms with Crippen molar-refractivity contribution in [2.45, 2.75) is 77.2 Å². The van der Waals surface area contributed by atoms with E-state index in [2.05, 4.69) is 11.9 Å². The van der Waals surface area contributed by atoms with E-state index in [1.165, 1.54) is 5.56 Å². The van der Waals surface area contributed by atoms with Crippen LogP contribution in [0.2, 0.25) is 0 Å². The quantitative estimate of drug-likeness (QED) is 0.434. The second-order valence-corrected chi connectivity index (χ2v) is 9.30. The molecule has 5 nitrogen and oxygen atoms in total. The van der Waals surface area contributed by atoms with E-state index in [1.54, 1.807) is 12.1 Å². The number of hydrogen-bond acceptors (Lipinski definition) is 4.